The molecular formula is C15H26N2. The van der Waals surface area contributed by atoms with E-state index in [2.05, 4.69) is 55.4 Å². The van der Waals surface area contributed by atoms with Crippen LogP contribution in [0.3, 0.4) is 0 Å². The maximum absolute atomic E-state index is 3.36. The molecule has 2 nitrogen and oxygen atoms in total. The van der Waals surface area contributed by atoms with Gasteiger partial charge in [-0.3, -0.25) is 0 Å². The van der Waals surface area contributed by atoms with Crippen molar-refractivity contribution in [2.24, 2.45) is 0 Å². The third-order valence-corrected chi connectivity index (χ3v) is 3.12. The Morgan fingerprint density at radius 3 is 2.59 bits per heavy atom. The van der Waals surface area contributed by atoms with Crippen molar-refractivity contribution in [1.82, 2.24) is 5.32 Å². The number of nitrogens with one attached hydrogen (secondary N) is 1. The van der Waals surface area contributed by atoms with Gasteiger partial charge in [-0.25, -0.2) is 0 Å². The monoisotopic (exact) mass is 234 g/mol. The summed E-state index contributed by atoms with van der Waals surface area (Å²) in [5.41, 5.74) is 2.72. The molecule has 0 aliphatic rings. The van der Waals surface area contributed by atoms with Gasteiger partial charge in [-0.15, -0.1) is 0 Å². The molecule has 17 heavy (non-hydrogen) atoms. The first-order chi connectivity index (χ1) is 8.25. The lowest BCUT2D eigenvalue weighted by Gasteiger charge is -2.21. The van der Waals surface area contributed by atoms with Gasteiger partial charge in [0.05, 0.1) is 0 Å². The van der Waals surface area contributed by atoms with Gasteiger partial charge < -0.3 is 10.2 Å². The van der Waals surface area contributed by atoms with E-state index in [9.17, 15) is 0 Å². The molecule has 0 heterocycles. The molecule has 2 heteroatoms. The van der Waals surface area contributed by atoms with Gasteiger partial charge in [0.15, 0.2) is 0 Å². The van der Waals surface area contributed by atoms with Gasteiger partial charge in [-0.2, -0.15) is 0 Å². The third kappa shape index (κ3) is 5.22. The van der Waals surface area contributed by atoms with Gasteiger partial charge in [0.2, 0.25) is 0 Å². The van der Waals surface area contributed by atoms with Crippen LogP contribution in [0.4, 0.5) is 5.69 Å². The lowest BCUT2D eigenvalue weighted by atomic mass is 10.1. The van der Waals surface area contributed by atoms with Crippen molar-refractivity contribution in [3.8, 4) is 0 Å². The maximum atomic E-state index is 3.36. The predicted molar refractivity (Wildman–Crippen MR) is 76.8 cm³/mol. The minimum absolute atomic E-state index is 1.09. The minimum atomic E-state index is 1.09. The first kappa shape index (κ1) is 14.0. The molecule has 96 valence electrons. The highest BCUT2D eigenvalue weighted by atomic mass is 15.1. The molecule has 1 N–H and O–H groups in total. The SMILES string of the molecule is CCNCCCCCN(C)c1ccccc1C. The first-order valence-electron chi connectivity index (χ1n) is 6.73. The standard InChI is InChI=1S/C15H26N2/c1-4-16-12-8-5-9-13-17(3)15-11-7-6-10-14(15)2/h6-7,10-11,16H,4-5,8-9,12-13H2,1-3H3. The quantitative estimate of drug-likeness (QED) is 0.695. The summed E-state index contributed by atoms with van der Waals surface area (Å²) in [6, 6.07) is 8.60. The molecule has 1 rings (SSSR count). The second-order valence-electron chi connectivity index (χ2n) is 4.62. The van der Waals surface area contributed by atoms with E-state index in [-0.39, 0.29) is 0 Å². The first-order valence-corrected chi connectivity index (χ1v) is 6.73. The molecule has 0 unspecified atom stereocenters. The average molecular weight is 234 g/mol. The van der Waals surface area contributed by atoms with Gasteiger partial charge in [-0.05, 0) is 44.5 Å². The average Bonchev–Trinajstić information content (AvgIpc) is 2.34. The van der Waals surface area contributed by atoms with Crippen LogP contribution in [-0.4, -0.2) is 26.7 Å². The number of hydrogen-bond acceptors (Lipinski definition) is 2. The van der Waals surface area contributed by atoms with Gasteiger partial charge in [-0.1, -0.05) is 31.5 Å². The molecule has 1 aromatic carbocycles. The summed E-state index contributed by atoms with van der Waals surface area (Å²) in [4.78, 5) is 2.36. The van der Waals surface area contributed by atoms with Gasteiger partial charge in [0.1, 0.15) is 0 Å². The molecule has 1 aromatic rings. The largest absolute Gasteiger partial charge is 0.374 e. The Bertz CT molecular complexity index is 310. The smallest absolute Gasteiger partial charge is 0.0393 e. The van der Waals surface area contributed by atoms with Crippen molar-refractivity contribution in [3.05, 3.63) is 29.8 Å². The number of aryl methyl sites for hydroxylation is 1. The van der Waals surface area contributed by atoms with Crippen LogP contribution in [-0.2, 0) is 0 Å². The topological polar surface area (TPSA) is 15.3 Å². The number of anilines is 1. The number of hydrogen-bond donors (Lipinski definition) is 1. The third-order valence-electron chi connectivity index (χ3n) is 3.12. The van der Waals surface area contributed by atoms with Crippen LogP contribution in [0, 0.1) is 6.92 Å². The Morgan fingerprint density at radius 2 is 1.88 bits per heavy atom. The number of rotatable bonds is 8. The number of nitrogens with zero attached hydrogens (tertiary/aromatic N) is 1. The Kier molecular flexibility index (Phi) is 6.71. The number of unbranched alkanes of at least 4 members (excludes halogenated alkanes) is 2. The molecule has 0 fully saturated rings. The predicted octanol–water partition coefficient (Wildman–Crippen LogP) is 3.21. The van der Waals surface area contributed by atoms with Crippen LogP contribution >= 0.6 is 0 Å². The molecular weight excluding hydrogens is 208 g/mol. The van der Waals surface area contributed by atoms with Crippen molar-refractivity contribution in [1.29, 1.82) is 0 Å². The molecule has 0 saturated carbocycles. The fourth-order valence-electron chi connectivity index (χ4n) is 2.06. The highest BCUT2D eigenvalue weighted by Gasteiger charge is 2.02. The fourth-order valence-corrected chi connectivity index (χ4v) is 2.06. The minimum Gasteiger partial charge on any atom is -0.374 e. The molecule has 0 aliphatic carbocycles. The van der Waals surface area contributed by atoms with Crippen molar-refractivity contribution in [2.45, 2.75) is 33.1 Å². The van der Waals surface area contributed by atoms with E-state index in [4.69, 9.17) is 0 Å². The summed E-state index contributed by atoms with van der Waals surface area (Å²) in [6.07, 6.45) is 3.87. The summed E-state index contributed by atoms with van der Waals surface area (Å²) in [7, 11) is 2.19. The van der Waals surface area contributed by atoms with E-state index in [1.165, 1.54) is 30.5 Å². The van der Waals surface area contributed by atoms with Crippen LogP contribution in [0.5, 0.6) is 0 Å². The van der Waals surface area contributed by atoms with Crippen molar-refractivity contribution < 1.29 is 0 Å². The Labute approximate surface area is 106 Å². The Hall–Kier alpha value is -1.02. The van der Waals surface area contributed by atoms with E-state index in [0.717, 1.165) is 19.6 Å². The lowest BCUT2D eigenvalue weighted by Crippen LogP contribution is -2.20. The highest BCUT2D eigenvalue weighted by molar-refractivity contribution is 5.52. The maximum Gasteiger partial charge on any atom is 0.0393 e. The van der Waals surface area contributed by atoms with E-state index in [1.807, 2.05) is 0 Å². The van der Waals surface area contributed by atoms with Gasteiger partial charge in [0, 0.05) is 19.3 Å². The highest BCUT2D eigenvalue weighted by Crippen LogP contribution is 2.18. The van der Waals surface area contributed by atoms with Crippen molar-refractivity contribution in [3.63, 3.8) is 0 Å². The molecule has 0 saturated heterocycles. The van der Waals surface area contributed by atoms with E-state index >= 15 is 0 Å². The molecule has 0 atom stereocenters. The van der Waals surface area contributed by atoms with Crippen LogP contribution < -0.4 is 10.2 Å². The zero-order chi connectivity index (χ0) is 12.5. The van der Waals surface area contributed by atoms with Crippen LogP contribution in [0.1, 0.15) is 31.7 Å². The van der Waals surface area contributed by atoms with Crippen molar-refractivity contribution >= 4 is 5.69 Å². The summed E-state index contributed by atoms with van der Waals surface area (Å²) in [5, 5.41) is 3.36. The van der Waals surface area contributed by atoms with Crippen molar-refractivity contribution in [2.75, 3.05) is 31.6 Å². The Morgan fingerprint density at radius 1 is 1.12 bits per heavy atom. The van der Waals surface area contributed by atoms with E-state index < -0.39 is 0 Å². The van der Waals surface area contributed by atoms with Crippen LogP contribution in [0.15, 0.2) is 24.3 Å². The van der Waals surface area contributed by atoms with E-state index in [1.54, 1.807) is 0 Å². The molecule has 0 aliphatic heterocycles. The second-order valence-corrected chi connectivity index (χ2v) is 4.62. The van der Waals surface area contributed by atoms with Gasteiger partial charge in [0.25, 0.3) is 0 Å². The molecule has 0 bridgehead atoms. The molecule has 0 amide bonds. The fraction of sp³-hybridized carbons (Fsp3) is 0.600. The van der Waals surface area contributed by atoms with E-state index in [0.29, 0.717) is 0 Å². The summed E-state index contributed by atoms with van der Waals surface area (Å²) < 4.78 is 0. The number of benzene rings is 1. The number of para-hydroxylation sites is 1. The normalized spacial score (nSPS) is 10.5. The zero-order valence-electron chi connectivity index (χ0n) is 11.5. The summed E-state index contributed by atoms with van der Waals surface area (Å²) >= 11 is 0. The van der Waals surface area contributed by atoms with Crippen LogP contribution in [0.25, 0.3) is 0 Å². The lowest BCUT2D eigenvalue weighted by molar-refractivity contribution is 0.615. The Balaban J connectivity index is 2.21. The zero-order valence-corrected chi connectivity index (χ0v) is 11.5. The molecule has 0 radical (unpaired) electrons. The summed E-state index contributed by atoms with van der Waals surface area (Å²) in [5.74, 6) is 0. The summed E-state index contributed by atoms with van der Waals surface area (Å²) in [6.45, 7) is 7.73. The molecule has 0 aromatic heterocycles. The second kappa shape index (κ2) is 8.13. The molecule has 0 spiro atoms. The van der Waals surface area contributed by atoms with Crippen LogP contribution in [0.2, 0.25) is 0 Å². The van der Waals surface area contributed by atoms with Gasteiger partial charge >= 0.3 is 0 Å².